The van der Waals surface area contributed by atoms with Crippen LogP contribution in [-0.2, 0) is 9.59 Å². The van der Waals surface area contributed by atoms with Crippen LogP contribution in [0.25, 0.3) is 0 Å². The molecule has 6 nitrogen and oxygen atoms in total. The number of likely N-dealkylation sites (tertiary alicyclic amines) is 1. The molecule has 3 rings (SSSR count). The number of carboxylic acids is 2. The van der Waals surface area contributed by atoms with Crippen LogP contribution in [0.3, 0.4) is 0 Å². The molecule has 130 valence electrons. The molecule has 0 spiro atoms. The number of hydrogen-bond acceptors (Lipinski definition) is 4. The van der Waals surface area contributed by atoms with Gasteiger partial charge in [0.1, 0.15) is 12.1 Å². The lowest BCUT2D eigenvalue weighted by molar-refractivity contribution is -0.143. The van der Waals surface area contributed by atoms with Crippen molar-refractivity contribution in [3.8, 4) is 0 Å². The molecule has 3 fully saturated rings. The lowest BCUT2D eigenvalue weighted by atomic mass is 9.69. The topological polar surface area (TPSA) is 89.9 Å². The Hall–Kier alpha value is -1.14. The molecule has 0 aromatic heterocycles. The van der Waals surface area contributed by atoms with Crippen molar-refractivity contribution in [3.05, 3.63) is 0 Å². The molecule has 0 bridgehead atoms. The van der Waals surface area contributed by atoms with Crippen LogP contribution in [0.5, 0.6) is 0 Å². The van der Waals surface area contributed by atoms with Gasteiger partial charge < -0.3 is 15.5 Å². The van der Waals surface area contributed by atoms with Crippen LogP contribution >= 0.6 is 0 Å². The number of carboxylic acid groups (broad SMARTS) is 2. The summed E-state index contributed by atoms with van der Waals surface area (Å²) in [6, 6.07) is -0.740. The zero-order valence-corrected chi connectivity index (χ0v) is 13.8. The molecule has 2 aliphatic heterocycles. The van der Waals surface area contributed by atoms with Crippen LogP contribution in [0.15, 0.2) is 0 Å². The molecular formula is C17H28N2O4. The fourth-order valence-electron chi connectivity index (χ4n) is 4.94. The zero-order chi connectivity index (χ0) is 16.6. The van der Waals surface area contributed by atoms with E-state index in [0.717, 1.165) is 51.7 Å². The molecule has 2 heterocycles. The van der Waals surface area contributed by atoms with Crippen LogP contribution in [0, 0.1) is 23.7 Å². The Kier molecular flexibility index (Phi) is 4.92. The maximum absolute atomic E-state index is 11.4. The summed E-state index contributed by atoms with van der Waals surface area (Å²) in [4.78, 5) is 24.8. The number of carbonyl (C=O) groups is 2. The van der Waals surface area contributed by atoms with Gasteiger partial charge in [-0.1, -0.05) is 6.92 Å². The molecular weight excluding hydrogens is 296 g/mol. The Morgan fingerprint density at radius 2 is 1.87 bits per heavy atom. The van der Waals surface area contributed by atoms with Crippen molar-refractivity contribution in [3.63, 3.8) is 0 Å². The summed E-state index contributed by atoms with van der Waals surface area (Å²) in [6.45, 7) is 4.67. The first-order valence-electron chi connectivity index (χ1n) is 8.87. The maximum atomic E-state index is 11.4. The molecule has 23 heavy (non-hydrogen) atoms. The average Bonchev–Trinajstić information content (AvgIpc) is 2.87. The van der Waals surface area contributed by atoms with E-state index in [0.29, 0.717) is 23.7 Å². The normalized spacial score (nSPS) is 41.4. The number of aliphatic carboxylic acids is 2. The highest BCUT2D eigenvalue weighted by Gasteiger charge is 2.40. The summed E-state index contributed by atoms with van der Waals surface area (Å²) in [5, 5.41) is 21.8. The standard InChI is InChI=1S/C17H28N2O4/c1-10-4-15(17(22)23)19(8-10)9-11-2-3-12-7-18-14(16(20)21)6-13(12)5-11/h10-15,18H,2-9H2,1H3,(H,20,21)(H,22,23)/t10-,11+,12+,13-,14+,15+/m1/s1. The Balaban J connectivity index is 1.57. The highest BCUT2D eigenvalue weighted by molar-refractivity contribution is 5.74. The van der Waals surface area contributed by atoms with E-state index < -0.39 is 18.0 Å². The lowest BCUT2D eigenvalue weighted by Crippen LogP contribution is -2.50. The maximum Gasteiger partial charge on any atom is 0.320 e. The van der Waals surface area contributed by atoms with Crippen molar-refractivity contribution in [1.29, 1.82) is 0 Å². The zero-order valence-electron chi connectivity index (χ0n) is 13.8. The molecule has 3 N–H and O–H groups in total. The monoisotopic (exact) mass is 324 g/mol. The molecule has 3 aliphatic rings. The van der Waals surface area contributed by atoms with Gasteiger partial charge in [0.25, 0.3) is 0 Å². The van der Waals surface area contributed by atoms with Crippen molar-refractivity contribution >= 4 is 11.9 Å². The van der Waals surface area contributed by atoms with Crippen molar-refractivity contribution < 1.29 is 19.8 Å². The first-order valence-corrected chi connectivity index (χ1v) is 8.87. The van der Waals surface area contributed by atoms with Crippen LogP contribution < -0.4 is 5.32 Å². The second-order valence-electron chi connectivity index (χ2n) is 7.88. The second kappa shape index (κ2) is 6.77. The van der Waals surface area contributed by atoms with E-state index in [1.54, 1.807) is 0 Å². The fraction of sp³-hybridized carbons (Fsp3) is 0.882. The molecule has 0 radical (unpaired) electrons. The van der Waals surface area contributed by atoms with E-state index in [9.17, 15) is 19.8 Å². The van der Waals surface area contributed by atoms with E-state index in [1.165, 1.54) is 0 Å². The van der Waals surface area contributed by atoms with E-state index in [4.69, 9.17) is 0 Å². The van der Waals surface area contributed by atoms with E-state index in [-0.39, 0.29) is 6.04 Å². The van der Waals surface area contributed by atoms with Gasteiger partial charge in [0.15, 0.2) is 0 Å². The van der Waals surface area contributed by atoms with Gasteiger partial charge in [-0.25, -0.2) is 0 Å². The molecule has 2 saturated heterocycles. The number of rotatable bonds is 4. The average molecular weight is 324 g/mol. The molecule has 1 saturated carbocycles. The largest absolute Gasteiger partial charge is 0.480 e. The highest BCUT2D eigenvalue weighted by Crippen LogP contribution is 2.39. The van der Waals surface area contributed by atoms with Crippen molar-refractivity contribution in [2.45, 2.75) is 51.1 Å². The molecule has 1 aliphatic carbocycles. The Morgan fingerprint density at radius 1 is 1.09 bits per heavy atom. The van der Waals surface area contributed by atoms with E-state index in [1.807, 2.05) is 0 Å². The fourth-order valence-corrected chi connectivity index (χ4v) is 4.94. The number of hydrogen-bond donors (Lipinski definition) is 3. The highest BCUT2D eigenvalue weighted by atomic mass is 16.4. The molecule has 0 amide bonds. The number of piperidine rings is 1. The third-order valence-corrected chi connectivity index (χ3v) is 6.10. The third-order valence-electron chi connectivity index (χ3n) is 6.10. The van der Waals surface area contributed by atoms with Crippen molar-refractivity contribution in [2.24, 2.45) is 23.7 Å². The second-order valence-corrected chi connectivity index (χ2v) is 7.88. The van der Waals surface area contributed by atoms with E-state index in [2.05, 4.69) is 17.1 Å². The first-order chi connectivity index (χ1) is 10.9. The minimum atomic E-state index is -0.745. The minimum Gasteiger partial charge on any atom is -0.480 e. The quantitative estimate of drug-likeness (QED) is 0.721. The van der Waals surface area contributed by atoms with Crippen molar-refractivity contribution in [2.75, 3.05) is 19.6 Å². The van der Waals surface area contributed by atoms with Crippen LogP contribution in [0.4, 0.5) is 0 Å². The summed E-state index contributed by atoms with van der Waals surface area (Å²) in [5.41, 5.74) is 0. The molecule has 6 atom stereocenters. The predicted octanol–water partition coefficient (Wildman–Crippen LogP) is 1.26. The van der Waals surface area contributed by atoms with Gasteiger partial charge in [-0.3, -0.25) is 14.5 Å². The molecule has 6 heteroatoms. The van der Waals surface area contributed by atoms with Crippen LogP contribution in [0.1, 0.15) is 39.0 Å². The molecule has 0 aromatic rings. The Bertz CT molecular complexity index is 470. The van der Waals surface area contributed by atoms with Gasteiger partial charge in [0.2, 0.25) is 0 Å². The summed E-state index contributed by atoms with van der Waals surface area (Å²) in [7, 11) is 0. The van der Waals surface area contributed by atoms with Gasteiger partial charge in [-0.2, -0.15) is 0 Å². The smallest absolute Gasteiger partial charge is 0.320 e. The number of nitrogens with zero attached hydrogens (tertiary/aromatic N) is 1. The van der Waals surface area contributed by atoms with Gasteiger partial charge in [0.05, 0.1) is 0 Å². The Labute approximate surface area is 137 Å². The van der Waals surface area contributed by atoms with Crippen molar-refractivity contribution in [1.82, 2.24) is 10.2 Å². The minimum absolute atomic E-state index is 0.331. The first kappa shape index (κ1) is 16.7. The molecule has 0 unspecified atom stereocenters. The predicted molar refractivity (Wildman–Crippen MR) is 85.1 cm³/mol. The van der Waals surface area contributed by atoms with Gasteiger partial charge in [0, 0.05) is 13.1 Å². The summed E-state index contributed by atoms with van der Waals surface area (Å²) in [6.07, 6.45) is 4.79. The Morgan fingerprint density at radius 3 is 2.57 bits per heavy atom. The third kappa shape index (κ3) is 3.69. The summed E-state index contributed by atoms with van der Waals surface area (Å²) in [5.74, 6) is 0.577. The van der Waals surface area contributed by atoms with Gasteiger partial charge >= 0.3 is 11.9 Å². The van der Waals surface area contributed by atoms with Crippen LogP contribution in [0.2, 0.25) is 0 Å². The lowest BCUT2D eigenvalue weighted by Gasteiger charge is -2.42. The van der Waals surface area contributed by atoms with Gasteiger partial charge in [-0.15, -0.1) is 0 Å². The number of nitrogens with one attached hydrogen (secondary N) is 1. The summed E-state index contributed by atoms with van der Waals surface area (Å²) >= 11 is 0. The van der Waals surface area contributed by atoms with Gasteiger partial charge in [-0.05, 0) is 62.3 Å². The van der Waals surface area contributed by atoms with Crippen LogP contribution in [-0.4, -0.2) is 58.8 Å². The SMILES string of the molecule is C[C@@H]1C[C@@H](C(=O)O)N(C[C@H]2CC[C@H]3CN[C@H](C(=O)O)C[C@H]3C2)C1. The molecule has 0 aromatic carbocycles. The van der Waals surface area contributed by atoms with E-state index >= 15 is 0 Å². The summed E-state index contributed by atoms with van der Waals surface area (Å²) < 4.78 is 0. The number of fused-ring (bicyclic) bond motifs is 1.